The summed E-state index contributed by atoms with van der Waals surface area (Å²) in [5.41, 5.74) is 0.122. The van der Waals surface area contributed by atoms with Crippen molar-refractivity contribution in [2.45, 2.75) is 0 Å². The van der Waals surface area contributed by atoms with Gasteiger partial charge in [0, 0.05) is 12.3 Å². The number of nitrogens with one attached hydrogen (secondary N) is 1. The average molecular weight is 321 g/mol. The van der Waals surface area contributed by atoms with Crippen molar-refractivity contribution in [3.8, 4) is 5.75 Å². The number of nitrogens with zero attached hydrogens (tertiary/aromatic N) is 2. The SMILES string of the molecule is O=C(O)CNC(=O)OCOc1ccc([N+](=O)[O-])c2cccnc12. The number of carbonyl (C=O) groups is 2. The summed E-state index contributed by atoms with van der Waals surface area (Å²) in [5.74, 6) is -1.02. The van der Waals surface area contributed by atoms with E-state index in [0.29, 0.717) is 0 Å². The summed E-state index contributed by atoms with van der Waals surface area (Å²) >= 11 is 0. The van der Waals surface area contributed by atoms with Gasteiger partial charge in [-0.15, -0.1) is 0 Å². The number of ether oxygens (including phenoxy) is 2. The fourth-order valence-electron chi connectivity index (χ4n) is 1.75. The predicted molar refractivity (Wildman–Crippen MR) is 76.0 cm³/mol. The number of carbonyl (C=O) groups excluding carboxylic acids is 1. The number of aromatic nitrogens is 1. The van der Waals surface area contributed by atoms with Crippen LogP contribution in [-0.4, -0.2) is 40.4 Å². The van der Waals surface area contributed by atoms with Gasteiger partial charge in [0.25, 0.3) is 5.69 Å². The van der Waals surface area contributed by atoms with E-state index >= 15 is 0 Å². The highest BCUT2D eigenvalue weighted by atomic mass is 16.7. The van der Waals surface area contributed by atoms with E-state index in [1.165, 1.54) is 24.4 Å². The standard InChI is InChI=1S/C13H11N3O7/c17-11(18)6-15-13(19)23-7-22-10-4-3-9(16(20)21)8-2-1-5-14-12(8)10/h1-5H,6-7H2,(H,15,19)(H,17,18). The summed E-state index contributed by atoms with van der Waals surface area (Å²) < 4.78 is 9.84. The van der Waals surface area contributed by atoms with Crippen molar-refractivity contribution in [1.29, 1.82) is 0 Å². The first-order valence-corrected chi connectivity index (χ1v) is 6.26. The van der Waals surface area contributed by atoms with Crippen molar-refractivity contribution in [1.82, 2.24) is 10.3 Å². The second kappa shape index (κ2) is 7.02. The maximum absolute atomic E-state index is 11.2. The molecule has 1 amide bonds. The summed E-state index contributed by atoms with van der Waals surface area (Å²) in [5, 5.41) is 21.6. The van der Waals surface area contributed by atoms with Crippen LogP contribution >= 0.6 is 0 Å². The Kier molecular flexibility index (Phi) is 4.87. The zero-order chi connectivity index (χ0) is 16.8. The molecule has 0 spiro atoms. The number of pyridine rings is 1. The fourth-order valence-corrected chi connectivity index (χ4v) is 1.75. The summed E-state index contributed by atoms with van der Waals surface area (Å²) in [4.78, 5) is 35.9. The largest absolute Gasteiger partial charge is 0.480 e. The van der Waals surface area contributed by atoms with Crippen molar-refractivity contribution in [2.75, 3.05) is 13.3 Å². The predicted octanol–water partition coefficient (Wildman–Crippen LogP) is 1.29. The molecule has 2 aromatic rings. The molecule has 23 heavy (non-hydrogen) atoms. The van der Waals surface area contributed by atoms with E-state index in [0.717, 1.165) is 0 Å². The third-order valence-electron chi connectivity index (χ3n) is 2.69. The normalized spacial score (nSPS) is 10.1. The van der Waals surface area contributed by atoms with E-state index in [9.17, 15) is 19.7 Å². The highest BCUT2D eigenvalue weighted by Crippen LogP contribution is 2.31. The number of carboxylic acids is 1. The van der Waals surface area contributed by atoms with Gasteiger partial charge in [-0.1, -0.05) is 0 Å². The monoisotopic (exact) mass is 321 g/mol. The van der Waals surface area contributed by atoms with Crippen LogP contribution in [0.2, 0.25) is 0 Å². The molecule has 0 fully saturated rings. The molecule has 0 saturated heterocycles. The Morgan fingerprint density at radius 1 is 1.35 bits per heavy atom. The first kappa shape index (κ1) is 15.9. The minimum Gasteiger partial charge on any atom is -0.480 e. The van der Waals surface area contributed by atoms with E-state index < -0.39 is 30.3 Å². The van der Waals surface area contributed by atoms with Gasteiger partial charge in [-0.05, 0) is 18.2 Å². The van der Waals surface area contributed by atoms with Gasteiger partial charge >= 0.3 is 12.1 Å². The van der Waals surface area contributed by atoms with Crippen molar-refractivity contribution in [3.05, 3.63) is 40.6 Å². The minimum atomic E-state index is -1.21. The van der Waals surface area contributed by atoms with Crippen molar-refractivity contribution >= 4 is 28.7 Å². The third kappa shape index (κ3) is 4.03. The van der Waals surface area contributed by atoms with Crippen LogP contribution in [0.1, 0.15) is 0 Å². The summed E-state index contributed by atoms with van der Waals surface area (Å²) in [6.45, 7) is -1.09. The molecular formula is C13H11N3O7. The van der Waals surface area contributed by atoms with Crippen LogP contribution < -0.4 is 10.1 Å². The van der Waals surface area contributed by atoms with Gasteiger partial charge in [-0.3, -0.25) is 19.9 Å². The number of fused-ring (bicyclic) bond motifs is 1. The topological polar surface area (TPSA) is 141 Å². The molecule has 0 unspecified atom stereocenters. The number of non-ortho nitro benzene ring substituents is 1. The van der Waals surface area contributed by atoms with Crippen molar-refractivity contribution in [3.63, 3.8) is 0 Å². The number of amides is 1. The number of benzene rings is 1. The molecule has 2 N–H and O–H groups in total. The molecule has 0 atom stereocenters. The maximum Gasteiger partial charge on any atom is 0.410 e. The van der Waals surface area contributed by atoms with Gasteiger partial charge in [0.15, 0.2) is 0 Å². The van der Waals surface area contributed by atoms with Crippen LogP contribution in [-0.2, 0) is 9.53 Å². The molecule has 1 aromatic carbocycles. The Labute approximate surface area is 128 Å². The van der Waals surface area contributed by atoms with Gasteiger partial charge in [-0.2, -0.15) is 0 Å². The van der Waals surface area contributed by atoms with E-state index in [-0.39, 0.29) is 22.3 Å². The van der Waals surface area contributed by atoms with Crippen LogP contribution in [0.15, 0.2) is 30.5 Å². The number of hydrogen-bond donors (Lipinski definition) is 2. The van der Waals surface area contributed by atoms with Crippen molar-refractivity contribution < 1.29 is 29.1 Å². The summed E-state index contributed by atoms with van der Waals surface area (Å²) in [7, 11) is 0. The van der Waals surface area contributed by atoms with Gasteiger partial charge in [0.05, 0.1) is 10.3 Å². The molecule has 120 valence electrons. The molecule has 10 heteroatoms. The molecule has 1 aromatic heterocycles. The average Bonchev–Trinajstić information content (AvgIpc) is 2.52. The lowest BCUT2D eigenvalue weighted by Crippen LogP contribution is -2.30. The van der Waals surface area contributed by atoms with Gasteiger partial charge in [0.2, 0.25) is 6.79 Å². The highest BCUT2D eigenvalue weighted by molar-refractivity contribution is 5.92. The van der Waals surface area contributed by atoms with E-state index in [4.69, 9.17) is 9.84 Å². The van der Waals surface area contributed by atoms with Crippen LogP contribution in [0.3, 0.4) is 0 Å². The number of hydrogen-bond acceptors (Lipinski definition) is 7. The van der Waals surface area contributed by atoms with Crippen LogP contribution in [0.25, 0.3) is 10.9 Å². The first-order valence-electron chi connectivity index (χ1n) is 6.26. The number of carboxylic acid groups (broad SMARTS) is 1. The number of nitro benzene ring substituents is 1. The molecule has 0 aliphatic carbocycles. The fraction of sp³-hybridized carbons (Fsp3) is 0.154. The number of rotatable bonds is 6. The van der Waals surface area contributed by atoms with Crippen molar-refractivity contribution in [2.24, 2.45) is 0 Å². The Balaban J connectivity index is 2.07. The molecule has 0 aliphatic rings. The molecule has 2 rings (SSSR count). The summed E-state index contributed by atoms with van der Waals surface area (Å²) in [6.07, 6.45) is 0.478. The lowest BCUT2D eigenvalue weighted by Gasteiger charge is -2.09. The molecule has 0 radical (unpaired) electrons. The van der Waals surface area contributed by atoms with E-state index in [1.807, 2.05) is 5.32 Å². The molecule has 10 nitrogen and oxygen atoms in total. The quantitative estimate of drug-likeness (QED) is 0.460. The highest BCUT2D eigenvalue weighted by Gasteiger charge is 2.16. The van der Waals surface area contributed by atoms with Gasteiger partial charge in [0.1, 0.15) is 17.8 Å². The van der Waals surface area contributed by atoms with Crippen LogP contribution in [0.4, 0.5) is 10.5 Å². The Hall–Kier alpha value is -3.43. The lowest BCUT2D eigenvalue weighted by atomic mass is 10.1. The zero-order valence-electron chi connectivity index (χ0n) is 11.6. The smallest absolute Gasteiger partial charge is 0.410 e. The van der Waals surface area contributed by atoms with Gasteiger partial charge < -0.3 is 19.9 Å². The molecule has 1 heterocycles. The van der Waals surface area contributed by atoms with Crippen LogP contribution in [0, 0.1) is 10.1 Å². The maximum atomic E-state index is 11.2. The number of alkyl carbamates (subject to hydrolysis) is 1. The number of aliphatic carboxylic acids is 1. The Morgan fingerprint density at radius 3 is 2.83 bits per heavy atom. The Morgan fingerprint density at radius 2 is 2.13 bits per heavy atom. The zero-order valence-corrected chi connectivity index (χ0v) is 11.6. The molecule has 0 aliphatic heterocycles. The Bertz CT molecular complexity index is 762. The third-order valence-corrected chi connectivity index (χ3v) is 2.69. The second-order valence-corrected chi connectivity index (χ2v) is 4.18. The molecule has 0 saturated carbocycles. The first-order chi connectivity index (χ1) is 11.0. The van der Waals surface area contributed by atoms with Gasteiger partial charge in [-0.25, -0.2) is 4.79 Å². The summed E-state index contributed by atoms with van der Waals surface area (Å²) in [6, 6.07) is 5.67. The lowest BCUT2D eigenvalue weighted by molar-refractivity contribution is -0.383. The van der Waals surface area contributed by atoms with E-state index in [2.05, 4.69) is 9.72 Å². The van der Waals surface area contributed by atoms with E-state index in [1.54, 1.807) is 6.07 Å². The second-order valence-electron chi connectivity index (χ2n) is 4.18. The van der Waals surface area contributed by atoms with Crippen LogP contribution in [0.5, 0.6) is 5.75 Å². The molecular weight excluding hydrogens is 310 g/mol. The minimum absolute atomic E-state index is 0.124. The number of nitro groups is 1. The molecule has 0 bridgehead atoms.